The van der Waals surface area contributed by atoms with E-state index in [1.165, 1.54) is 0 Å². The molecule has 1 aromatic carbocycles. The molecule has 7 nitrogen and oxygen atoms in total. The van der Waals surface area contributed by atoms with E-state index in [1.807, 2.05) is 28.0 Å². The van der Waals surface area contributed by atoms with Crippen LogP contribution in [0.2, 0.25) is 0 Å². The van der Waals surface area contributed by atoms with Gasteiger partial charge in [0, 0.05) is 32.8 Å². The number of imidazole rings is 1. The average molecular weight is 356 g/mol. The molecule has 3 heterocycles. The van der Waals surface area contributed by atoms with Gasteiger partial charge in [0.05, 0.1) is 23.8 Å². The Morgan fingerprint density at radius 2 is 2.00 bits per heavy atom. The lowest BCUT2D eigenvalue weighted by Crippen LogP contribution is -2.42. The molecule has 2 amide bonds. The van der Waals surface area contributed by atoms with E-state index in [4.69, 9.17) is 4.74 Å². The number of hydrogen-bond acceptors (Lipinski definition) is 4. The van der Waals surface area contributed by atoms with Gasteiger partial charge in [-0.3, -0.25) is 9.59 Å². The van der Waals surface area contributed by atoms with Crippen LogP contribution < -0.4 is 0 Å². The number of carbonyl (C=O) groups is 2. The van der Waals surface area contributed by atoms with Crippen molar-refractivity contribution >= 4 is 22.8 Å². The highest BCUT2D eigenvalue weighted by Gasteiger charge is 2.30. The molecule has 1 atom stereocenters. The molecule has 1 aromatic heterocycles. The molecule has 4 rings (SSSR count). The summed E-state index contributed by atoms with van der Waals surface area (Å²) in [6.45, 7) is 3.24. The zero-order valence-corrected chi connectivity index (χ0v) is 14.8. The zero-order chi connectivity index (χ0) is 17.9. The summed E-state index contributed by atoms with van der Waals surface area (Å²) in [7, 11) is 0. The van der Waals surface area contributed by atoms with Crippen LogP contribution >= 0.6 is 0 Å². The molecule has 26 heavy (non-hydrogen) atoms. The van der Waals surface area contributed by atoms with Crippen LogP contribution in [0.1, 0.15) is 24.8 Å². The van der Waals surface area contributed by atoms with E-state index >= 15 is 0 Å². The molecule has 2 fully saturated rings. The van der Waals surface area contributed by atoms with Crippen molar-refractivity contribution in [3.8, 4) is 0 Å². The van der Waals surface area contributed by atoms with Gasteiger partial charge in [0.2, 0.25) is 5.91 Å². The highest BCUT2D eigenvalue weighted by molar-refractivity contribution is 5.83. The van der Waals surface area contributed by atoms with Crippen molar-refractivity contribution in [1.82, 2.24) is 19.8 Å². The van der Waals surface area contributed by atoms with Crippen LogP contribution in [0.3, 0.4) is 0 Å². The molecule has 0 bridgehead atoms. The highest BCUT2D eigenvalue weighted by atomic mass is 16.5. The average Bonchev–Trinajstić information content (AvgIpc) is 3.28. The maximum absolute atomic E-state index is 12.7. The summed E-state index contributed by atoms with van der Waals surface area (Å²) in [4.78, 5) is 36.2. The van der Waals surface area contributed by atoms with Crippen LogP contribution in [0, 0.1) is 0 Å². The Morgan fingerprint density at radius 1 is 1.15 bits per heavy atom. The number of aromatic nitrogens is 2. The Labute approximate surface area is 152 Å². The van der Waals surface area contributed by atoms with E-state index in [2.05, 4.69) is 9.97 Å². The molecule has 2 saturated heterocycles. The molecule has 2 aliphatic heterocycles. The van der Waals surface area contributed by atoms with Crippen molar-refractivity contribution in [1.29, 1.82) is 0 Å². The van der Waals surface area contributed by atoms with Gasteiger partial charge < -0.3 is 19.5 Å². The van der Waals surface area contributed by atoms with Crippen LogP contribution in [0.15, 0.2) is 24.5 Å². The Bertz CT molecular complexity index is 797. The zero-order valence-electron chi connectivity index (χ0n) is 14.8. The third-order valence-electron chi connectivity index (χ3n) is 5.21. The summed E-state index contributed by atoms with van der Waals surface area (Å²) >= 11 is 0. The van der Waals surface area contributed by atoms with Crippen molar-refractivity contribution in [3.05, 3.63) is 30.1 Å². The molecule has 7 heteroatoms. The van der Waals surface area contributed by atoms with Crippen LogP contribution in [0.4, 0.5) is 0 Å². The molecule has 1 N–H and O–H groups in total. The summed E-state index contributed by atoms with van der Waals surface area (Å²) in [5, 5.41) is 0. The van der Waals surface area contributed by atoms with E-state index in [-0.39, 0.29) is 17.9 Å². The molecular weight excluding hydrogens is 332 g/mol. The van der Waals surface area contributed by atoms with E-state index in [9.17, 15) is 9.59 Å². The first-order chi connectivity index (χ1) is 12.7. The smallest absolute Gasteiger partial charge is 0.251 e. The molecule has 0 saturated carbocycles. The van der Waals surface area contributed by atoms with Gasteiger partial charge in [-0.05, 0) is 37.0 Å². The number of ether oxygens (including phenoxy) is 1. The van der Waals surface area contributed by atoms with Crippen molar-refractivity contribution in [2.24, 2.45) is 0 Å². The van der Waals surface area contributed by atoms with Crippen molar-refractivity contribution in [2.45, 2.75) is 31.8 Å². The first-order valence-corrected chi connectivity index (χ1v) is 9.31. The number of rotatable bonds is 3. The van der Waals surface area contributed by atoms with Gasteiger partial charge in [-0.1, -0.05) is 6.07 Å². The first-order valence-electron chi connectivity index (χ1n) is 9.31. The molecule has 2 aliphatic rings. The van der Waals surface area contributed by atoms with Gasteiger partial charge in [0.1, 0.15) is 6.10 Å². The number of aromatic amines is 1. The van der Waals surface area contributed by atoms with Crippen LogP contribution in [-0.4, -0.2) is 70.5 Å². The number of benzene rings is 1. The van der Waals surface area contributed by atoms with Gasteiger partial charge in [-0.25, -0.2) is 4.98 Å². The summed E-state index contributed by atoms with van der Waals surface area (Å²) in [5.41, 5.74) is 2.82. The highest BCUT2D eigenvalue weighted by Crippen LogP contribution is 2.17. The van der Waals surface area contributed by atoms with Gasteiger partial charge in [-0.15, -0.1) is 0 Å². The fraction of sp³-hybridized carbons (Fsp3) is 0.526. The number of nitrogens with zero attached hydrogens (tertiary/aromatic N) is 3. The number of nitrogens with one attached hydrogen (secondary N) is 1. The third kappa shape index (κ3) is 3.58. The largest absolute Gasteiger partial charge is 0.368 e. The Morgan fingerprint density at radius 3 is 2.85 bits per heavy atom. The number of fused-ring (bicyclic) bond motifs is 1. The molecular formula is C19H24N4O3. The van der Waals surface area contributed by atoms with Crippen LogP contribution in [0.5, 0.6) is 0 Å². The van der Waals surface area contributed by atoms with E-state index in [0.717, 1.165) is 35.9 Å². The summed E-state index contributed by atoms with van der Waals surface area (Å²) < 4.78 is 5.51. The summed E-state index contributed by atoms with van der Waals surface area (Å²) in [6, 6.07) is 5.86. The molecule has 138 valence electrons. The lowest BCUT2D eigenvalue weighted by molar-refractivity contribution is -0.141. The summed E-state index contributed by atoms with van der Waals surface area (Å²) in [5.74, 6) is 0.191. The van der Waals surface area contributed by atoms with Crippen molar-refractivity contribution in [3.63, 3.8) is 0 Å². The number of H-pyrrole nitrogens is 1. The van der Waals surface area contributed by atoms with Crippen LogP contribution in [0.25, 0.3) is 11.0 Å². The van der Waals surface area contributed by atoms with E-state index in [1.54, 1.807) is 6.33 Å². The van der Waals surface area contributed by atoms with Gasteiger partial charge in [0.15, 0.2) is 0 Å². The van der Waals surface area contributed by atoms with Crippen molar-refractivity contribution in [2.75, 3.05) is 32.8 Å². The monoisotopic (exact) mass is 356 g/mol. The maximum Gasteiger partial charge on any atom is 0.251 e. The van der Waals surface area contributed by atoms with Gasteiger partial charge in [0.25, 0.3) is 5.91 Å². The topological polar surface area (TPSA) is 78.5 Å². The lowest BCUT2D eigenvalue weighted by Gasteiger charge is -2.24. The lowest BCUT2D eigenvalue weighted by atomic mass is 10.1. The molecule has 0 aliphatic carbocycles. The van der Waals surface area contributed by atoms with E-state index < -0.39 is 0 Å². The second kappa shape index (κ2) is 7.45. The number of carbonyl (C=O) groups excluding carboxylic acids is 2. The fourth-order valence-corrected chi connectivity index (χ4v) is 3.74. The van der Waals surface area contributed by atoms with Crippen molar-refractivity contribution < 1.29 is 14.3 Å². The normalized spacial score (nSPS) is 21.2. The second-order valence-corrected chi connectivity index (χ2v) is 6.99. The Balaban J connectivity index is 1.35. The molecule has 1 unspecified atom stereocenters. The van der Waals surface area contributed by atoms with Crippen LogP contribution in [-0.2, 0) is 20.7 Å². The summed E-state index contributed by atoms with van der Waals surface area (Å²) in [6.07, 6.45) is 4.32. The minimum absolute atomic E-state index is 0.0847. The minimum Gasteiger partial charge on any atom is -0.368 e. The van der Waals surface area contributed by atoms with Gasteiger partial charge in [-0.2, -0.15) is 0 Å². The number of hydrogen-bond donors (Lipinski definition) is 1. The second-order valence-electron chi connectivity index (χ2n) is 6.99. The molecule has 0 radical (unpaired) electrons. The van der Waals surface area contributed by atoms with Gasteiger partial charge >= 0.3 is 0 Å². The minimum atomic E-state index is -0.279. The fourth-order valence-electron chi connectivity index (χ4n) is 3.74. The molecule has 2 aromatic rings. The third-order valence-corrected chi connectivity index (χ3v) is 5.21. The predicted molar refractivity (Wildman–Crippen MR) is 96.5 cm³/mol. The first kappa shape index (κ1) is 17.0. The number of amides is 2. The molecule has 0 spiro atoms. The SMILES string of the molecule is O=C(Cc1ccc2nc[nH]c2c1)N1CCCN(C(=O)C2CCCO2)CC1. The van der Waals surface area contributed by atoms with E-state index in [0.29, 0.717) is 39.2 Å². The standard InChI is InChI=1S/C19H24N4O3/c24-18(12-14-4-5-15-16(11-14)21-13-20-15)22-6-2-7-23(9-8-22)19(25)17-3-1-10-26-17/h4-5,11,13,17H,1-3,6-10,12H2,(H,20,21). The Hall–Kier alpha value is -2.41. The maximum atomic E-state index is 12.7. The Kier molecular flexibility index (Phi) is 4.88. The quantitative estimate of drug-likeness (QED) is 0.900. The predicted octanol–water partition coefficient (Wildman–Crippen LogP) is 1.35.